The fourth-order valence-electron chi connectivity index (χ4n) is 1.76. The summed E-state index contributed by atoms with van der Waals surface area (Å²) < 4.78 is 6.95. The molecule has 2 rings (SSSR count). The van der Waals surface area contributed by atoms with Crippen LogP contribution in [-0.4, -0.2) is 6.54 Å². The zero-order valence-corrected chi connectivity index (χ0v) is 11.9. The smallest absolute Gasteiger partial charge is 0.137 e. The molecule has 0 spiro atoms. The predicted octanol–water partition coefficient (Wildman–Crippen LogP) is 3.84. The van der Waals surface area contributed by atoms with Crippen molar-refractivity contribution in [3.05, 3.63) is 64.1 Å². The normalized spacial score (nSPS) is 12.2. The highest BCUT2D eigenvalue weighted by Crippen LogP contribution is 2.27. The van der Waals surface area contributed by atoms with Crippen LogP contribution >= 0.6 is 15.9 Å². The van der Waals surface area contributed by atoms with Gasteiger partial charge in [-0.15, -0.1) is 0 Å². The van der Waals surface area contributed by atoms with E-state index in [0.717, 1.165) is 15.8 Å². The van der Waals surface area contributed by atoms with Gasteiger partial charge in [-0.1, -0.05) is 51.8 Å². The maximum Gasteiger partial charge on any atom is 0.137 e. The van der Waals surface area contributed by atoms with Gasteiger partial charge in [-0.25, -0.2) is 0 Å². The first-order chi connectivity index (χ1) is 8.70. The average Bonchev–Trinajstić information content (AvgIpc) is 2.39. The van der Waals surface area contributed by atoms with Crippen LogP contribution in [0.4, 0.5) is 0 Å². The Kier molecular flexibility index (Phi) is 4.39. The molecule has 0 radical (unpaired) electrons. The van der Waals surface area contributed by atoms with E-state index in [2.05, 4.69) is 22.9 Å². The number of benzene rings is 2. The Bertz CT molecular complexity index is 510. The molecular weight excluding hydrogens is 290 g/mol. The van der Waals surface area contributed by atoms with E-state index in [1.54, 1.807) is 0 Å². The van der Waals surface area contributed by atoms with E-state index in [9.17, 15) is 0 Å². The minimum atomic E-state index is -0.136. The molecule has 0 aliphatic heterocycles. The maximum absolute atomic E-state index is 5.93. The Morgan fingerprint density at radius 1 is 1.11 bits per heavy atom. The first kappa shape index (κ1) is 13.1. The highest BCUT2D eigenvalue weighted by molar-refractivity contribution is 9.10. The van der Waals surface area contributed by atoms with Crippen LogP contribution in [0.1, 0.15) is 17.2 Å². The summed E-state index contributed by atoms with van der Waals surface area (Å²) in [5.41, 5.74) is 8.09. The number of halogens is 1. The lowest BCUT2D eigenvalue weighted by molar-refractivity contribution is 0.213. The van der Waals surface area contributed by atoms with E-state index in [-0.39, 0.29) is 6.10 Å². The molecule has 0 aromatic heterocycles. The van der Waals surface area contributed by atoms with E-state index in [4.69, 9.17) is 10.5 Å². The summed E-state index contributed by atoms with van der Waals surface area (Å²) in [4.78, 5) is 0. The van der Waals surface area contributed by atoms with Crippen LogP contribution in [0.2, 0.25) is 0 Å². The van der Waals surface area contributed by atoms with E-state index in [1.807, 2.05) is 48.5 Å². The van der Waals surface area contributed by atoms with Gasteiger partial charge in [-0.05, 0) is 25.1 Å². The molecule has 0 saturated carbocycles. The molecule has 0 heterocycles. The Morgan fingerprint density at radius 2 is 1.78 bits per heavy atom. The third-order valence-corrected chi connectivity index (χ3v) is 3.49. The van der Waals surface area contributed by atoms with Crippen molar-refractivity contribution in [2.45, 2.75) is 13.0 Å². The molecule has 1 unspecified atom stereocenters. The van der Waals surface area contributed by atoms with Gasteiger partial charge in [0.1, 0.15) is 11.9 Å². The molecule has 0 saturated heterocycles. The number of hydrogen-bond acceptors (Lipinski definition) is 2. The number of hydrogen-bond donors (Lipinski definition) is 1. The predicted molar refractivity (Wildman–Crippen MR) is 77.7 cm³/mol. The molecule has 2 N–H and O–H groups in total. The van der Waals surface area contributed by atoms with Crippen molar-refractivity contribution in [1.29, 1.82) is 0 Å². The minimum Gasteiger partial charge on any atom is -0.484 e. The molecular formula is C15H16BrNO. The third kappa shape index (κ3) is 3.12. The van der Waals surface area contributed by atoms with Crippen LogP contribution in [0.3, 0.4) is 0 Å². The van der Waals surface area contributed by atoms with Gasteiger partial charge in [0.05, 0.1) is 0 Å². The van der Waals surface area contributed by atoms with Crippen LogP contribution in [0.5, 0.6) is 5.75 Å². The van der Waals surface area contributed by atoms with Crippen LogP contribution in [-0.2, 0) is 0 Å². The molecule has 0 fully saturated rings. The van der Waals surface area contributed by atoms with Crippen molar-refractivity contribution < 1.29 is 4.74 Å². The number of rotatable bonds is 4. The van der Waals surface area contributed by atoms with Crippen LogP contribution < -0.4 is 10.5 Å². The SMILES string of the molecule is Cc1ccc(OC(CN)c2ccccc2Br)cc1. The Morgan fingerprint density at radius 3 is 2.39 bits per heavy atom. The summed E-state index contributed by atoms with van der Waals surface area (Å²) in [5.74, 6) is 0.840. The van der Waals surface area contributed by atoms with E-state index in [0.29, 0.717) is 6.54 Å². The van der Waals surface area contributed by atoms with Crippen molar-refractivity contribution in [1.82, 2.24) is 0 Å². The van der Waals surface area contributed by atoms with E-state index in [1.165, 1.54) is 5.56 Å². The molecule has 0 amide bonds. The number of ether oxygens (including phenoxy) is 1. The lowest BCUT2D eigenvalue weighted by Gasteiger charge is -2.19. The monoisotopic (exact) mass is 305 g/mol. The van der Waals surface area contributed by atoms with E-state index >= 15 is 0 Å². The van der Waals surface area contributed by atoms with Gasteiger partial charge in [0.25, 0.3) is 0 Å². The molecule has 3 heteroatoms. The number of aryl methyl sites for hydroxylation is 1. The summed E-state index contributed by atoms with van der Waals surface area (Å²) in [7, 11) is 0. The highest BCUT2D eigenvalue weighted by atomic mass is 79.9. The molecule has 2 aromatic carbocycles. The molecule has 1 atom stereocenters. The van der Waals surface area contributed by atoms with Crippen molar-refractivity contribution >= 4 is 15.9 Å². The molecule has 2 aromatic rings. The highest BCUT2D eigenvalue weighted by Gasteiger charge is 2.14. The fourth-order valence-corrected chi connectivity index (χ4v) is 2.30. The second-order valence-electron chi connectivity index (χ2n) is 4.18. The summed E-state index contributed by atoms with van der Waals surface area (Å²) in [6, 6.07) is 16.0. The van der Waals surface area contributed by atoms with Gasteiger partial charge >= 0.3 is 0 Å². The largest absolute Gasteiger partial charge is 0.484 e. The van der Waals surface area contributed by atoms with Gasteiger partial charge < -0.3 is 10.5 Å². The molecule has 0 bridgehead atoms. The Balaban J connectivity index is 2.20. The summed E-state index contributed by atoms with van der Waals surface area (Å²) in [5, 5.41) is 0. The van der Waals surface area contributed by atoms with Crippen LogP contribution in [0.25, 0.3) is 0 Å². The topological polar surface area (TPSA) is 35.2 Å². The van der Waals surface area contributed by atoms with Crippen molar-refractivity contribution in [2.75, 3.05) is 6.54 Å². The molecule has 0 aliphatic carbocycles. The van der Waals surface area contributed by atoms with Crippen molar-refractivity contribution in [3.8, 4) is 5.75 Å². The standard InChI is InChI=1S/C15H16BrNO/c1-11-6-8-12(9-7-11)18-15(10-17)13-4-2-3-5-14(13)16/h2-9,15H,10,17H2,1H3. The fraction of sp³-hybridized carbons (Fsp3) is 0.200. The quantitative estimate of drug-likeness (QED) is 0.931. The Labute approximate surface area is 116 Å². The summed E-state index contributed by atoms with van der Waals surface area (Å²) >= 11 is 3.53. The first-order valence-corrected chi connectivity index (χ1v) is 6.68. The zero-order valence-electron chi connectivity index (χ0n) is 10.3. The summed E-state index contributed by atoms with van der Waals surface area (Å²) in [6.07, 6.45) is -0.136. The molecule has 0 aliphatic rings. The molecule has 94 valence electrons. The van der Waals surface area contributed by atoms with Gasteiger partial charge in [0.2, 0.25) is 0 Å². The van der Waals surface area contributed by atoms with Gasteiger partial charge in [0, 0.05) is 16.6 Å². The lowest BCUT2D eigenvalue weighted by atomic mass is 10.1. The summed E-state index contributed by atoms with van der Waals surface area (Å²) in [6.45, 7) is 2.49. The van der Waals surface area contributed by atoms with Crippen molar-refractivity contribution in [3.63, 3.8) is 0 Å². The number of nitrogens with two attached hydrogens (primary N) is 1. The van der Waals surface area contributed by atoms with Crippen molar-refractivity contribution in [2.24, 2.45) is 5.73 Å². The first-order valence-electron chi connectivity index (χ1n) is 5.88. The van der Waals surface area contributed by atoms with E-state index < -0.39 is 0 Å². The maximum atomic E-state index is 5.93. The zero-order chi connectivity index (χ0) is 13.0. The second-order valence-corrected chi connectivity index (χ2v) is 5.03. The van der Waals surface area contributed by atoms with Gasteiger partial charge in [-0.2, -0.15) is 0 Å². The van der Waals surface area contributed by atoms with Gasteiger partial charge in [-0.3, -0.25) is 0 Å². The lowest BCUT2D eigenvalue weighted by Crippen LogP contribution is -2.18. The second kappa shape index (κ2) is 6.03. The minimum absolute atomic E-state index is 0.136. The molecule has 18 heavy (non-hydrogen) atoms. The third-order valence-electron chi connectivity index (χ3n) is 2.77. The van der Waals surface area contributed by atoms with Crippen LogP contribution in [0.15, 0.2) is 53.0 Å². The Hall–Kier alpha value is -1.32. The average molecular weight is 306 g/mol. The molecule has 2 nitrogen and oxygen atoms in total. The van der Waals surface area contributed by atoms with Gasteiger partial charge in [0.15, 0.2) is 0 Å². The van der Waals surface area contributed by atoms with Crippen LogP contribution in [0, 0.1) is 6.92 Å².